The monoisotopic (exact) mass is 299 g/mol. The van der Waals surface area contributed by atoms with Crippen LogP contribution in [0.3, 0.4) is 0 Å². The molecule has 0 saturated heterocycles. The second-order valence-corrected chi connectivity index (χ2v) is 5.36. The van der Waals surface area contributed by atoms with Gasteiger partial charge in [0.15, 0.2) is 11.6 Å². The van der Waals surface area contributed by atoms with E-state index in [9.17, 15) is 18.7 Å². The Hall–Kier alpha value is -1.49. The highest BCUT2D eigenvalue weighted by atomic mass is 19.2. The summed E-state index contributed by atoms with van der Waals surface area (Å²) in [5.41, 5.74) is 0.668. The van der Waals surface area contributed by atoms with Gasteiger partial charge in [0.05, 0.1) is 6.10 Å². The van der Waals surface area contributed by atoms with Crippen LogP contribution in [0.2, 0.25) is 0 Å². The SMILES string of the molecule is CCC(C)C(O)CNC(=O)CCCc1ccc(F)c(F)c1. The molecule has 0 aliphatic carbocycles. The molecule has 0 bridgehead atoms. The highest BCUT2D eigenvalue weighted by molar-refractivity contribution is 5.75. The topological polar surface area (TPSA) is 49.3 Å². The number of aliphatic hydroxyl groups excluding tert-OH is 1. The van der Waals surface area contributed by atoms with E-state index in [1.165, 1.54) is 6.07 Å². The van der Waals surface area contributed by atoms with Crippen molar-refractivity contribution in [2.24, 2.45) is 5.92 Å². The van der Waals surface area contributed by atoms with Gasteiger partial charge in [0.25, 0.3) is 0 Å². The predicted molar refractivity (Wildman–Crippen MR) is 77.8 cm³/mol. The summed E-state index contributed by atoms with van der Waals surface area (Å²) < 4.78 is 25.8. The Kier molecular flexibility index (Phi) is 7.29. The number of aryl methyl sites for hydroxylation is 1. The van der Waals surface area contributed by atoms with Crippen molar-refractivity contribution in [3.63, 3.8) is 0 Å². The fourth-order valence-corrected chi connectivity index (χ4v) is 1.93. The first-order valence-electron chi connectivity index (χ1n) is 7.32. The highest BCUT2D eigenvalue weighted by Gasteiger charge is 2.13. The summed E-state index contributed by atoms with van der Waals surface area (Å²) in [5.74, 6) is -1.73. The first-order valence-corrected chi connectivity index (χ1v) is 7.32. The van der Waals surface area contributed by atoms with Crippen molar-refractivity contribution < 1.29 is 18.7 Å². The second-order valence-electron chi connectivity index (χ2n) is 5.36. The summed E-state index contributed by atoms with van der Waals surface area (Å²) in [5, 5.41) is 12.4. The van der Waals surface area contributed by atoms with Gasteiger partial charge in [-0.25, -0.2) is 8.78 Å². The zero-order chi connectivity index (χ0) is 15.8. The number of rotatable bonds is 8. The van der Waals surface area contributed by atoms with Crippen molar-refractivity contribution >= 4 is 5.91 Å². The molecule has 21 heavy (non-hydrogen) atoms. The van der Waals surface area contributed by atoms with Gasteiger partial charge in [-0.3, -0.25) is 4.79 Å². The van der Waals surface area contributed by atoms with Gasteiger partial charge < -0.3 is 10.4 Å². The molecule has 2 unspecified atom stereocenters. The summed E-state index contributed by atoms with van der Waals surface area (Å²) in [6, 6.07) is 3.76. The number of amides is 1. The van der Waals surface area contributed by atoms with Crippen LogP contribution in [0.25, 0.3) is 0 Å². The zero-order valence-electron chi connectivity index (χ0n) is 12.5. The summed E-state index contributed by atoms with van der Waals surface area (Å²) >= 11 is 0. The molecule has 0 aliphatic heterocycles. The van der Waals surface area contributed by atoms with Crippen molar-refractivity contribution in [3.05, 3.63) is 35.4 Å². The molecule has 5 heteroatoms. The van der Waals surface area contributed by atoms with Gasteiger partial charge in [0, 0.05) is 13.0 Å². The molecule has 2 atom stereocenters. The quantitative estimate of drug-likeness (QED) is 0.775. The third-order valence-corrected chi connectivity index (χ3v) is 3.66. The molecule has 1 rings (SSSR count). The van der Waals surface area contributed by atoms with Gasteiger partial charge in [0.1, 0.15) is 0 Å². The predicted octanol–water partition coefficient (Wildman–Crippen LogP) is 2.81. The number of hydrogen-bond donors (Lipinski definition) is 2. The number of aliphatic hydroxyl groups is 1. The number of nitrogens with one attached hydrogen (secondary N) is 1. The van der Waals surface area contributed by atoms with Crippen LogP contribution in [-0.2, 0) is 11.2 Å². The van der Waals surface area contributed by atoms with E-state index >= 15 is 0 Å². The summed E-state index contributed by atoms with van der Waals surface area (Å²) in [6.07, 6.45) is 1.68. The van der Waals surface area contributed by atoms with Crippen LogP contribution in [0.5, 0.6) is 0 Å². The standard InChI is InChI=1S/C16H23F2NO2/c1-3-11(2)15(20)10-19-16(21)6-4-5-12-7-8-13(17)14(18)9-12/h7-9,11,15,20H,3-6,10H2,1-2H3,(H,19,21). The van der Waals surface area contributed by atoms with E-state index in [-0.39, 0.29) is 18.4 Å². The Morgan fingerprint density at radius 2 is 2.05 bits per heavy atom. The Bertz CT molecular complexity index is 466. The smallest absolute Gasteiger partial charge is 0.220 e. The number of halogens is 2. The maximum atomic E-state index is 13.0. The molecule has 3 nitrogen and oxygen atoms in total. The average molecular weight is 299 g/mol. The van der Waals surface area contributed by atoms with E-state index in [0.29, 0.717) is 24.8 Å². The van der Waals surface area contributed by atoms with E-state index in [2.05, 4.69) is 5.32 Å². The summed E-state index contributed by atoms with van der Waals surface area (Å²) in [7, 11) is 0. The van der Waals surface area contributed by atoms with Crippen LogP contribution < -0.4 is 5.32 Å². The molecule has 0 radical (unpaired) electrons. The summed E-state index contributed by atoms with van der Waals surface area (Å²) in [6.45, 7) is 4.16. The van der Waals surface area contributed by atoms with Crippen molar-refractivity contribution in [2.45, 2.75) is 45.6 Å². The molecular weight excluding hydrogens is 276 g/mol. The van der Waals surface area contributed by atoms with Gasteiger partial charge in [0.2, 0.25) is 5.91 Å². The van der Waals surface area contributed by atoms with Gasteiger partial charge >= 0.3 is 0 Å². The minimum absolute atomic E-state index is 0.139. The summed E-state index contributed by atoms with van der Waals surface area (Å²) in [4.78, 5) is 11.6. The Labute approximate surface area is 124 Å². The molecule has 0 spiro atoms. The molecule has 0 saturated carbocycles. The normalized spacial score (nSPS) is 13.8. The van der Waals surface area contributed by atoms with Crippen molar-refractivity contribution in [3.8, 4) is 0 Å². The van der Waals surface area contributed by atoms with Crippen molar-refractivity contribution in [1.29, 1.82) is 0 Å². The van der Waals surface area contributed by atoms with E-state index in [1.54, 1.807) is 0 Å². The van der Waals surface area contributed by atoms with E-state index < -0.39 is 17.7 Å². The molecule has 118 valence electrons. The lowest BCUT2D eigenvalue weighted by atomic mass is 10.0. The second kappa shape index (κ2) is 8.72. The zero-order valence-corrected chi connectivity index (χ0v) is 12.5. The first kappa shape index (κ1) is 17.6. The van der Waals surface area contributed by atoms with Gasteiger partial charge in [-0.05, 0) is 36.5 Å². The third kappa shape index (κ3) is 6.21. The Balaban J connectivity index is 2.25. The largest absolute Gasteiger partial charge is 0.391 e. The molecule has 1 amide bonds. The van der Waals surface area contributed by atoms with Crippen LogP contribution in [0.1, 0.15) is 38.7 Å². The maximum Gasteiger partial charge on any atom is 0.220 e. The molecule has 0 aromatic heterocycles. The first-order chi connectivity index (χ1) is 9.93. The van der Waals surface area contributed by atoms with Crippen LogP contribution in [0, 0.1) is 17.6 Å². The number of benzene rings is 1. The van der Waals surface area contributed by atoms with Crippen molar-refractivity contribution in [1.82, 2.24) is 5.32 Å². The molecule has 0 heterocycles. The van der Waals surface area contributed by atoms with Crippen LogP contribution in [-0.4, -0.2) is 23.7 Å². The van der Waals surface area contributed by atoms with Crippen LogP contribution >= 0.6 is 0 Å². The molecule has 1 aromatic rings. The fraction of sp³-hybridized carbons (Fsp3) is 0.562. The lowest BCUT2D eigenvalue weighted by molar-refractivity contribution is -0.121. The minimum Gasteiger partial charge on any atom is -0.391 e. The van der Waals surface area contributed by atoms with E-state index in [1.807, 2.05) is 13.8 Å². The van der Waals surface area contributed by atoms with Gasteiger partial charge in [-0.15, -0.1) is 0 Å². The van der Waals surface area contributed by atoms with Crippen LogP contribution in [0.4, 0.5) is 8.78 Å². The van der Waals surface area contributed by atoms with Crippen molar-refractivity contribution in [2.75, 3.05) is 6.54 Å². The molecular formula is C16H23F2NO2. The number of carbonyl (C=O) groups excluding carboxylic acids is 1. The molecule has 0 fully saturated rings. The molecule has 0 aliphatic rings. The number of carbonyl (C=O) groups is 1. The highest BCUT2D eigenvalue weighted by Crippen LogP contribution is 2.11. The Morgan fingerprint density at radius 1 is 1.33 bits per heavy atom. The van der Waals surface area contributed by atoms with E-state index in [0.717, 1.165) is 18.6 Å². The van der Waals surface area contributed by atoms with E-state index in [4.69, 9.17) is 0 Å². The number of hydrogen-bond acceptors (Lipinski definition) is 2. The maximum absolute atomic E-state index is 13.0. The lowest BCUT2D eigenvalue weighted by Gasteiger charge is -2.17. The molecule has 2 N–H and O–H groups in total. The van der Waals surface area contributed by atoms with Gasteiger partial charge in [-0.1, -0.05) is 26.3 Å². The van der Waals surface area contributed by atoms with Crippen LogP contribution in [0.15, 0.2) is 18.2 Å². The Morgan fingerprint density at radius 3 is 2.67 bits per heavy atom. The lowest BCUT2D eigenvalue weighted by Crippen LogP contribution is -2.35. The molecule has 1 aromatic carbocycles. The minimum atomic E-state index is -0.867. The third-order valence-electron chi connectivity index (χ3n) is 3.66. The average Bonchev–Trinajstić information content (AvgIpc) is 2.47. The van der Waals surface area contributed by atoms with Gasteiger partial charge in [-0.2, -0.15) is 0 Å². The fourth-order valence-electron chi connectivity index (χ4n) is 1.93.